The molecule has 1 aromatic heterocycles. The highest BCUT2D eigenvalue weighted by molar-refractivity contribution is 7.12. The summed E-state index contributed by atoms with van der Waals surface area (Å²) in [5, 5.41) is 4.86. The minimum atomic E-state index is 0.157. The third-order valence-corrected chi connectivity index (χ3v) is 4.78. The first-order valence-electron chi connectivity index (χ1n) is 6.49. The molecular formula is C14H26N2S. The molecule has 0 amide bonds. The second kappa shape index (κ2) is 5.49. The molecule has 2 nitrogen and oxygen atoms in total. The molecule has 0 radical (unpaired) electrons. The first-order chi connectivity index (χ1) is 7.75. The van der Waals surface area contributed by atoms with Gasteiger partial charge in [0, 0.05) is 22.4 Å². The van der Waals surface area contributed by atoms with Crippen molar-refractivity contribution in [2.24, 2.45) is 0 Å². The van der Waals surface area contributed by atoms with Gasteiger partial charge in [-0.2, -0.15) is 0 Å². The predicted octanol–water partition coefficient (Wildman–Crippen LogP) is 4.20. The van der Waals surface area contributed by atoms with Crippen LogP contribution in [0.1, 0.15) is 69.6 Å². The lowest BCUT2D eigenvalue weighted by molar-refractivity contribution is 0.472. The molecule has 0 saturated heterocycles. The fourth-order valence-electron chi connectivity index (χ4n) is 1.75. The van der Waals surface area contributed by atoms with E-state index in [1.807, 2.05) is 11.3 Å². The van der Waals surface area contributed by atoms with Crippen molar-refractivity contribution in [2.75, 3.05) is 0 Å². The number of rotatable bonds is 4. The molecule has 0 aliphatic rings. The maximum atomic E-state index is 4.71. The van der Waals surface area contributed by atoms with Gasteiger partial charge >= 0.3 is 0 Å². The highest BCUT2D eigenvalue weighted by Gasteiger charge is 2.22. The summed E-state index contributed by atoms with van der Waals surface area (Å²) >= 11 is 1.85. The molecular weight excluding hydrogens is 228 g/mol. The summed E-state index contributed by atoms with van der Waals surface area (Å²) in [6.45, 7) is 15.5. The van der Waals surface area contributed by atoms with E-state index in [1.54, 1.807) is 0 Å². The van der Waals surface area contributed by atoms with E-state index >= 15 is 0 Å². The van der Waals surface area contributed by atoms with Crippen molar-refractivity contribution in [3.05, 3.63) is 15.6 Å². The summed E-state index contributed by atoms with van der Waals surface area (Å²) in [4.78, 5) is 6.10. The van der Waals surface area contributed by atoms with Gasteiger partial charge in [0.05, 0.1) is 10.7 Å². The Hall–Kier alpha value is -0.410. The van der Waals surface area contributed by atoms with Gasteiger partial charge < -0.3 is 5.32 Å². The monoisotopic (exact) mass is 254 g/mol. The topological polar surface area (TPSA) is 24.9 Å². The van der Waals surface area contributed by atoms with E-state index in [0.717, 1.165) is 6.42 Å². The molecule has 98 valence electrons. The smallest absolute Gasteiger partial charge is 0.0985 e. The van der Waals surface area contributed by atoms with Gasteiger partial charge in [-0.05, 0) is 27.2 Å². The van der Waals surface area contributed by atoms with E-state index in [9.17, 15) is 0 Å². The molecule has 1 heterocycles. The molecule has 0 aliphatic heterocycles. The van der Waals surface area contributed by atoms with Gasteiger partial charge in [0.15, 0.2) is 0 Å². The molecule has 0 saturated carbocycles. The summed E-state index contributed by atoms with van der Waals surface area (Å²) in [6.07, 6.45) is 1.16. The van der Waals surface area contributed by atoms with E-state index in [1.165, 1.54) is 15.6 Å². The average molecular weight is 254 g/mol. The van der Waals surface area contributed by atoms with Gasteiger partial charge in [-0.25, -0.2) is 4.98 Å². The molecule has 0 fully saturated rings. The lowest BCUT2D eigenvalue weighted by atomic mass is 9.98. The number of aromatic nitrogens is 1. The fraction of sp³-hybridized carbons (Fsp3) is 0.786. The van der Waals surface area contributed by atoms with Crippen molar-refractivity contribution in [3.8, 4) is 0 Å². The normalized spacial score (nSPS) is 15.9. The van der Waals surface area contributed by atoms with Gasteiger partial charge in [0.1, 0.15) is 0 Å². The standard InChI is InChI=1S/C14H26N2S/c1-8-9(2)15-10(3)12-11(4)16-13(17-12)14(5,6)7/h9-10,15H,8H2,1-7H3. The number of nitrogens with zero attached hydrogens (tertiary/aromatic N) is 1. The molecule has 0 aliphatic carbocycles. The Kier molecular flexibility index (Phi) is 4.73. The highest BCUT2D eigenvalue weighted by atomic mass is 32.1. The molecule has 3 heteroatoms. The largest absolute Gasteiger partial charge is 0.307 e. The van der Waals surface area contributed by atoms with Gasteiger partial charge in [-0.1, -0.05) is 27.7 Å². The maximum absolute atomic E-state index is 4.71. The average Bonchev–Trinajstić information content (AvgIpc) is 2.59. The van der Waals surface area contributed by atoms with E-state index in [4.69, 9.17) is 4.98 Å². The first kappa shape index (κ1) is 14.7. The van der Waals surface area contributed by atoms with Crippen molar-refractivity contribution >= 4 is 11.3 Å². The Balaban J connectivity index is 2.88. The third kappa shape index (κ3) is 3.78. The summed E-state index contributed by atoms with van der Waals surface area (Å²) in [5.41, 5.74) is 1.34. The second-order valence-electron chi connectivity index (χ2n) is 5.92. The Morgan fingerprint density at radius 1 is 1.29 bits per heavy atom. The van der Waals surface area contributed by atoms with Crippen LogP contribution in [0.25, 0.3) is 0 Å². The molecule has 1 N–H and O–H groups in total. The van der Waals surface area contributed by atoms with Crippen molar-refractivity contribution < 1.29 is 0 Å². The summed E-state index contributed by atoms with van der Waals surface area (Å²) < 4.78 is 0. The van der Waals surface area contributed by atoms with Crippen molar-refractivity contribution in [2.45, 2.75) is 72.4 Å². The molecule has 1 aromatic rings. The second-order valence-corrected chi connectivity index (χ2v) is 6.95. The number of aryl methyl sites for hydroxylation is 1. The van der Waals surface area contributed by atoms with E-state index in [-0.39, 0.29) is 5.41 Å². The summed E-state index contributed by atoms with van der Waals surface area (Å²) in [6, 6.07) is 0.961. The molecule has 2 unspecified atom stereocenters. The van der Waals surface area contributed by atoms with Crippen LogP contribution in [0.2, 0.25) is 0 Å². The van der Waals surface area contributed by atoms with Crippen LogP contribution in [0.3, 0.4) is 0 Å². The van der Waals surface area contributed by atoms with Crippen molar-refractivity contribution in [1.29, 1.82) is 0 Å². The Morgan fingerprint density at radius 3 is 2.29 bits per heavy atom. The predicted molar refractivity (Wildman–Crippen MR) is 76.9 cm³/mol. The molecule has 0 spiro atoms. The zero-order valence-electron chi connectivity index (χ0n) is 12.2. The molecule has 17 heavy (non-hydrogen) atoms. The Morgan fingerprint density at radius 2 is 1.88 bits per heavy atom. The van der Waals surface area contributed by atoms with E-state index in [0.29, 0.717) is 12.1 Å². The summed E-state index contributed by atoms with van der Waals surface area (Å²) in [5.74, 6) is 0. The number of hydrogen-bond donors (Lipinski definition) is 1. The minimum Gasteiger partial charge on any atom is -0.307 e. The van der Waals surface area contributed by atoms with Gasteiger partial charge in [-0.3, -0.25) is 0 Å². The van der Waals surface area contributed by atoms with E-state index in [2.05, 4.69) is 53.8 Å². The van der Waals surface area contributed by atoms with Crippen LogP contribution in [-0.4, -0.2) is 11.0 Å². The SMILES string of the molecule is CCC(C)NC(C)c1sc(C(C)(C)C)nc1C. The van der Waals surface area contributed by atoms with Crippen LogP contribution in [0, 0.1) is 6.92 Å². The number of nitrogens with one attached hydrogen (secondary N) is 1. The van der Waals surface area contributed by atoms with Gasteiger partial charge in [0.2, 0.25) is 0 Å². The van der Waals surface area contributed by atoms with Crippen LogP contribution >= 0.6 is 11.3 Å². The lowest BCUT2D eigenvalue weighted by Gasteiger charge is -2.18. The molecule has 0 aromatic carbocycles. The van der Waals surface area contributed by atoms with E-state index < -0.39 is 0 Å². The molecule has 0 bridgehead atoms. The zero-order valence-corrected chi connectivity index (χ0v) is 13.0. The maximum Gasteiger partial charge on any atom is 0.0985 e. The van der Waals surface area contributed by atoms with Gasteiger partial charge in [-0.15, -0.1) is 11.3 Å². The van der Waals surface area contributed by atoms with Crippen LogP contribution in [-0.2, 0) is 5.41 Å². The Bertz CT molecular complexity index is 363. The Labute approximate surface area is 110 Å². The lowest BCUT2D eigenvalue weighted by Crippen LogP contribution is -2.28. The van der Waals surface area contributed by atoms with Gasteiger partial charge in [0.25, 0.3) is 0 Å². The number of hydrogen-bond acceptors (Lipinski definition) is 3. The van der Waals surface area contributed by atoms with Crippen molar-refractivity contribution in [3.63, 3.8) is 0 Å². The quantitative estimate of drug-likeness (QED) is 0.871. The van der Waals surface area contributed by atoms with Crippen LogP contribution in [0.15, 0.2) is 0 Å². The van der Waals surface area contributed by atoms with Crippen LogP contribution in [0.5, 0.6) is 0 Å². The van der Waals surface area contributed by atoms with Crippen LogP contribution in [0.4, 0.5) is 0 Å². The van der Waals surface area contributed by atoms with Crippen LogP contribution < -0.4 is 5.32 Å². The minimum absolute atomic E-state index is 0.157. The summed E-state index contributed by atoms with van der Waals surface area (Å²) in [7, 11) is 0. The molecule has 1 rings (SSSR count). The fourth-order valence-corrected chi connectivity index (χ4v) is 2.89. The molecule has 2 atom stereocenters. The third-order valence-electron chi connectivity index (χ3n) is 3.01. The zero-order chi connectivity index (χ0) is 13.2. The number of thiazole rings is 1. The first-order valence-corrected chi connectivity index (χ1v) is 7.31. The van der Waals surface area contributed by atoms with Crippen molar-refractivity contribution in [1.82, 2.24) is 10.3 Å². The highest BCUT2D eigenvalue weighted by Crippen LogP contribution is 2.32.